The van der Waals surface area contributed by atoms with Crippen molar-refractivity contribution in [1.82, 2.24) is 14.8 Å². The molecule has 2 aromatic heterocycles. The number of ketones is 1. The summed E-state index contributed by atoms with van der Waals surface area (Å²) in [5.74, 6) is -5.04. The molecule has 0 unspecified atom stereocenters. The molecule has 0 aliphatic heterocycles. The number of hydrogen-bond acceptors (Lipinski definition) is 4. The van der Waals surface area contributed by atoms with Gasteiger partial charge in [0.25, 0.3) is 5.91 Å². The van der Waals surface area contributed by atoms with Gasteiger partial charge in [-0.05, 0) is 73.6 Å². The fraction of sp³-hybridized carbons (Fsp3) is 0.290. The monoisotopic (exact) mass is 600 g/mol. The maximum atomic E-state index is 14.2. The highest BCUT2D eigenvalue weighted by molar-refractivity contribution is 5.94. The lowest BCUT2D eigenvalue weighted by Crippen LogP contribution is -2.19. The summed E-state index contributed by atoms with van der Waals surface area (Å²) in [6.07, 6.45) is -2.35. The zero-order valence-electron chi connectivity index (χ0n) is 22.9. The molecule has 1 aliphatic carbocycles. The maximum absolute atomic E-state index is 14.2. The second-order valence-corrected chi connectivity index (χ2v) is 10.7. The average molecular weight is 601 g/mol. The number of carbonyl (C=O) groups is 2. The van der Waals surface area contributed by atoms with Gasteiger partial charge in [0.15, 0.2) is 11.5 Å². The Morgan fingerprint density at radius 2 is 1.74 bits per heavy atom. The van der Waals surface area contributed by atoms with Gasteiger partial charge in [0.2, 0.25) is 0 Å². The predicted molar refractivity (Wildman–Crippen MR) is 145 cm³/mol. The van der Waals surface area contributed by atoms with Gasteiger partial charge in [-0.25, -0.2) is 13.2 Å². The minimum Gasteiger partial charge on any atom is -0.366 e. The van der Waals surface area contributed by atoms with Crippen LogP contribution in [0.25, 0.3) is 11.1 Å². The summed E-state index contributed by atoms with van der Waals surface area (Å²) >= 11 is 0. The number of Topliss-reactive ketones (excluding diaryl/α,β-unsaturated/α-hetero) is 1. The Morgan fingerprint density at radius 1 is 1.05 bits per heavy atom. The number of carbonyl (C=O) groups excluding carboxylic acids is 2. The lowest BCUT2D eigenvalue weighted by molar-refractivity contribution is -0.142. The van der Waals surface area contributed by atoms with Crippen LogP contribution in [-0.2, 0) is 23.9 Å². The zero-order valence-corrected chi connectivity index (χ0v) is 22.9. The quantitative estimate of drug-likeness (QED) is 0.206. The van der Waals surface area contributed by atoms with Crippen LogP contribution >= 0.6 is 0 Å². The molecule has 12 heteroatoms. The van der Waals surface area contributed by atoms with Crippen LogP contribution in [0.4, 0.5) is 26.3 Å². The Bertz CT molecular complexity index is 1690. The average Bonchev–Trinajstić information content (AvgIpc) is 3.70. The second kappa shape index (κ2) is 11.7. The number of amides is 1. The fourth-order valence-corrected chi connectivity index (χ4v) is 5.44. The predicted octanol–water partition coefficient (Wildman–Crippen LogP) is 6.65. The van der Waals surface area contributed by atoms with Crippen LogP contribution in [0.2, 0.25) is 0 Å². The van der Waals surface area contributed by atoms with Gasteiger partial charge in [0, 0.05) is 41.4 Å². The molecule has 2 heterocycles. The first-order valence-corrected chi connectivity index (χ1v) is 13.5. The molecule has 43 heavy (non-hydrogen) atoms. The van der Waals surface area contributed by atoms with Gasteiger partial charge in [0.05, 0.1) is 17.8 Å². The van der Waals surface area contributed by atoms with Crippen LogP contribution in [0.15, 0.2) is 54.7 Å². The van der Waals surface area contributed by atoms with Crippen LogP contribution < -0.4 is 5.73 Å². The van der Waals surface area contributed by atoms with Crippen LogP contribution in [0.3, 0.4) is 0 Å². The Morgan fingerprint density at radius 3 is 2.37 bits per heavy atom. The minimum atomic E-state index is -4.68. The Hall–Kier alpha value is -4.48. The Balaban J connectivity index is 1.52. The Labute approximate surface area is 242 Å². The summed E-state index contributed by atoms with van der Waals surface area (Å²) in [7, 11) is 0. The van der Waals surface area contributed by atoms with E-state index in [0.29, 0.717) is 35.7 Å². The van der Waals surface area contributed by atoms with Gasteiger partial charge in [0.1, 0.15) is 17.5 Å². The van der Waals surface area contributed by atoms with E-state index in [1.165, 1.54) is 25.3 Å². The molecule has 2 N–H and O–H groups in total. The lowest BCUT2D eigenvalue weighted by Gasteiger charge is -2.20. The molecule has 5 rings (SSSR count). The number of benzene rings is 2. The van der Waals surface area contributed by atoms with E-state index in [4.69, 9.17) is 5.73 Å². The molecule has 0 saturated heterocycles. The lowest BCUT2D eigenvalue weighted by atomic mass is 9.86. The van der Waals surface area contributed by atoms with E-state index < -0.39 is 53.5 Å². The minimum absolute atomic E-state index is 0.0620. The normalized spacial score (nSPS) is 14.1. The topological polar surface area (TPSA) is 90.9 Å². The molecule has 2 aromatic carbocycles. The van der Waals surface area contributed by atoms with Gasteiger partial charge >= 0.3 is 6.18 Å². The van der Waals surface area contributed by atoms with Gasteiger partial charge in [-0.1, -0.05) is 12.1 Å². The summed E-state index contributed by atoms with van der Waals surface area (Å²) in [5.41, 5.74) is 5.58. The molecule has 0 spiro atoms. The van der Waals surface area contributed by atoms with Crippen molar-refractivity contribution in [2.45, 2.75) is 57.2 Å². The van der Waals surface area contributed by atoms with Gasteiger partial charge in [-0.2, -0.15) is 18.3 Å². The van der Waals surface area contributed by atoms with Gasteiger partial charge < -0.3 is 5.73 Å². The van der Waals surface area contributed by atoms with E-state index in [2.05, 4.69) is 10.1 Å². The first kappa shape index (κ1) is 30.0. The Kier molecular flexibility index (Phi) is 8.13. The molecule has 1 saturated carbocycles. The number of primary amides is 1. The van der Waals surface area contributed by atoms with Crippen molar-refractivity contribution < 1.29 is 35.9 Å². The molecule has 4 aromatic rings. The van der Waals surface area contributed by atoms with Crippen molar-refractivity contribution in [3.05, 3.63) is 106 Å². The second-order valence-electron chi connectivity index (χ2n) is 10.7. The van der Waals surface area contributed by atoms with E-state index >= 15 is 0 Å². The molecule has 1 fully saturated rings. The van der Waals surface area contributed by atoms with E-state index in [9.17, 15) is 35.9 Å². The summed E-state index contributed by atoms with van der Waals surface area (Å²) < 4.78 is 84.6. The van der Waals surface area contributed by atoms with Gasteiger partial charge in [-0.15, -0.1) is 0 Å². The number of pyridine rings is 1. The third kappa shape index (κ3) is 6.63. The molecular weight excluding hydrogens is 574 g/mol. The first-order chi connectivity index (χ1) is 20.3. The molecule has 1 aliphatic rings. The maximum Gasteiger partial charge on any atom is 0.435 e. The summed E-state index contributed by atoms with van der Waals surface area (Å²) in [6.45, 7) is 1.04. The summed E-state index contributed by atoms with van der Waals surface area (Å²) in [5, 5.41) is 3.75. The molecule has 6 nitrogen and oxygen atoms in total. The van der Waals surface area contributed by atoms with Gasteiger partial charge in [-0.3, -0.25) is 19.3 Å². The number of rotatable bonds is 10. The van der Waals surface area contributed by atoms with Crippen molar-refractivity contribution >= 4 is 11.7 Å². The smallest absolute Gasteiger partial charge is 0.366 e. The molecule has 1 atom stereocenters. The van der Waals surface area contributed by atoms with Crippen LogP contribution in [0.1, 0.15) is 69.7 Å². The van der Waals surface area contributed by atoms with Crippen molar-refractivity contribution in [3.63, 3.8) is 0 Å². The van der Waals surface area contributed by atoms with E-state index in [1.54, 1.807) is 12.1 Å². The highest BCUT2D eigenvalue weighted by Gasteiger charge is 2.43. The molecule has 224 valence electrons. The number of aromatic nitrogens is 3. The molecule has 1 amide bonds. The molecular formula is C31H26F6N4O2. The highest BCUT2D eigenvalue weighted by Crippen LogP contribution is 2.47. The SMILES string of the molecule is Cc1c(C2CC2)c(C(F)(F)F)nn1CC(=O)C[C@@H](Cc1cc(F)cc(F)c1)c1ncccc1-c1ccc(F)c(C(N)=O)c1. The standard InChI is InChI=1S/C31H26F6N4O2/c1-16-27(18-4-5-18)29(31(35,36)37)40-41(16)15-23(42)12-20(9-17-10-21(32)14-22(33)11-17)28-24(3-2-8-39-28)19-6-7-26(34)25(13-19)30(38)43/h2-3,6-8,10-11,13-14,18,20H,4-5,9,12,15H2,1H3,(H2,38,43)/t20-/m1/s1. The van der Waals surface area contributed by atoms with Crippen molar-refractivity contribution in [2.75, 3.05) is 0 Å². The van der Waals surface area contributed by atoms with Crippen LogP contribution in [0, 0.1) is 24.4 Å². The summed E-state index contributed by atoms with van der Waals surface area (Å²) in [4.78, 5) is 29.6. The van der Waals surface area contributed by atoms with Crippen molar-refractivity contribution in [3.8, 4) is 11.1 Å². The van der Waals surface area contributed by atoms with Crippen molar-refractivity contribution in [1.29, 1.82) is 0 Å². The number of halogens is 6. The molecule has 0 bridgehead atoms. The van der Waals surface area contributed by atoms with Crippen molar-refractivity contribution in [2.24, 2.45) is 5.73 Å². The summed E-state index contributed by atoms with van der Waals surface area (Å²) in [6, 6.07) is 9.83. The molecule has 0 radical (unpaired) electrons. The van der Waals surface area contributed by atoms with E-state index in [0.717, 1.165) is 22.9 Å². The number of nitrogens with zero attached hydrogens (tertiary/aromatic N) is 3. The number of nitrogens with two attached hydrogens (primary N) is 1. The zero-order chi connectivity index (χ0) is 31.1. The fourth-order valence-electron chi connectivity index (χ4n) is 5.44. The van der Waals surface area contributed by atoms with Crippen LogP contribution in [-0.4, -0.2) is 26.5 Å². The number of alkyl halides is 3. The van der Waals surface area contributed by atoms with Crippen LogP contribution in [0.5, 0.6) is 0 Å². The largest absolute Gasteiger partial charge is 0.435 e. The third-order valence-electron chi connectivity index (χ3n) is 7.48. The number of hydrogen-bond donors (Lipinski definition) is 1. The highest BCUT2D eigenvalue weighted by atomic mass is 19.4. The third-order valence-corrected chi connectivity index (χ3v) is 7.48. The van der Waals surface area contributed by atoms with E-state index in [-0.39, 0.29) is 41.1 Å². The van der Waals surface area contributed by atoms with E-state index in [1.807, 2.05) is 0 Å². The first-order valence-electron chi connectivity index (χ1n) is 13.5.